The highest BCUT2D eigenvalue weighted by atomic mass is 32.1. The average Bonchev–Trinajstić information content (AvgIpc) is 3.02. The maximum Gasteiger partial charge on any atom is 0.275 e. The summed E-state index contributed by atoms with van der Waals surface area (Å²) in [6.45, 7) is 7.18. The fourth-order valence-electron chi connectivity index (χ4n) is 2.49. The van der Waals surface area contributed by atoms with Crippen LogP contribution in [0.25, 0.3) is 4.96 Å². The Morgan fingerprint density at radius 1 is 1.31 bits per heavy atom. The number of hydrogen-bond acceptors (Lipinski definition) is 7. The topological polar surface area (TPSA) is 80.5 Å². The summed E-state index contributed by atoms with van der Waals surface area (Å²) in [5.41, 5.74) is 0.816. The van der Waals surface area contributed by atoms with E-state index in [1.807, 2.05) is 24.3 Å². The zero-order valence-corrected chi connectivity index (χ0v) is 16.1. The van der Waals surface area contributed by atoms with Crippen LogP contribution in [-0.4, -0.2) is 34.3 Å². The second-order valence-corrected chi connectivity index (χ2v) is 8.02. The normalized spacial score (nSPS) is 12.8. The molecule has 0 fully saturated rings. The maximum atomic E-state index is 11.8. The molecular formula is C18H23N5O2S. The molecule has 1 atom stereocenters. The fraction of sp³-hybridized carbons (Fsp3) is 0.389. The monoisotopic (exact) mass is 373 g/mol. The quantitative estimate of drug-likeness (QED) is 0.691. The number of fused-ring (bicyclic) bond motifs is 1. The van der Waals surface area contributed by atoms with Crippen LogP contribution >= 0.6 is 11.3 Å². The number of anilines is 2. The molecule has 2 N–H and O–H groups in total. The van der Waals surface area contributed by atoms with Crippen molar-refractivity contribution in [3.8, 4) is 5.75 Å². The maximum absolute atomic E-state index is 11.8. The van der Waals surface area contributed by atoms with Crippen molar-refractivity contribution in [2.75, 3.05) is 24.3 Å². The van der Waals surface area contributed by atoms with E-state index < -0.39 is 0 Å². The Labute approximate surface area is 156 Å². The fourth-order valence-corrected chi connectivity index (χ4v) is 3.27. The largest absolute Gasteiger partial charge is 0.497 e. The Morgan fingerprint density at radius 2 is 2.12 bits per heavy atom. The lowest BCUT2D eigenvalue weighted by Gasteiger charge is -2.32. The van der Waals surface area contributed by atoms with Crippen molar-refractivity contribution in [2.45, 2.75) is 26.8 Å². The van der Waals surface area contributed by atoms with Crippen LogP contribution in [0.3, 0.4) is 0 Å². The lowest BCUT2D eigenvalue weighted by Crippen LogP contribution is -2.39. The molecule has 138 valence electrons. The molecule has 2 heterocycles. The third-order valence-electron chi connectivity index (χ3n) is 4.08. The first-order chi connectivity index (χ1) is 12.4. The number of methoxy groups -OCH3 is 1. The summed E-state index contributed by atoms with van der Waals surface area (Å²) >= 11 is 1.36. The van der Waals surface area contributed by atoms with Crippen LogP contribution in [0.2, 0.25) is 0 Å². The van der Waals surface area contributed by atoms with Crippen molar-refractivity contribution in [3.63, 3.8) is 0 Å². The summed E-state index contributed by atoms with van der Waals surface area (Å²) in [5.74, 6) is 0.812. The molecule has 1 aromatic carbocycles. The van der Waals surface area contributed by atoms with Gasteiger partial charge in [-0.3, -0.25) is 4.79 Å². The van der Waals surface area contributed by atoms with E-state index in [1.54, 1.807) is 7.11 Å². The molecule has 3 aromatic rings. The van der Waals surface area contributed by atoms with Crippen molar-refractivity contribution < 1.29 is 4.74 Å². The molecule has 7 nitrogen and oxygen atoms in total. The van der Waals surface area contributed by atoms with Gasteiger partial charge < -0.3 is 15.4 Å². The van der Waals surface area contributed by atoms with Gasteiger partial charge in [0.25, 0.3) is 5.56 Å². The number of hydrogen-bond donors (Lipinski definition) is 2. The van der Waals surface area contributed by atoms with Gasteiger partial charge in [-0.05, 0) is 17.5 Å². The molecule has 0 saturated heterocycles. The van der Waals surface area contributed by atoms with Gasteiger partial charge >= 0.3 is 0 Å². The summed E-state index contributed by atoms with van der Waals surface area (Å²) < 4.78 is 6.61. The van der Waals surface area contributed by atoms with E-state index in [4.69, 9.17) is 4.74 Å². The molecule has 0 amide bonds. The van der Waals surface area contributed by atoms with Gasteiger partial charge in [-0.25, -0.2) is 4.98 Å². The Morgan fingerprint density at radius 3 is 2.81 bits per heavy atom. The summed E-state index contributed by atoms with van der Waals surface area (Å²) in [4.78, 5) is 16.6. The second-order valence-electron chi connectivity index (χ2n) is 7.06. The Kier molecular flexibility index (Phi) is 5.13. The van der Waals surface area contributed by atoms with Crippen LogP contribution in [-0.2, 0) is 0 Å². The second kappa shape index (κ2) is 7.33. The van der Waals surface area contributed by atoms with Gasteiger partial charge in [0.05, 0.1) is 7.11 Å². The van der Waals surface area contributed by atoms with Gasteiger partial charge in [0, 0.05) is 36.6 Å². The van der Waals surface area contributed by atoms with E-state index in [9.17, 15) is 4.79 Å². The first kappa shape index (κ1) is 18.2. The lowest BCUT2D eigenvalue weighted by molar-refractivity contribution is 0.351. The van der Waals surface area contributed by atoms with E-state index in [0.29, 0.717) is 16.6 Å². The molecule has 0 aliphatic carbocycles. The number of ether oxygens (including phenoxy) is 1. The number of benzene rings is 1. The average molecular weight is 373 g/mol. The van der Waals surface area contributed by atoms with E-state index in [2.05, 4.69) is 41.5 Å². The Balaban J connectivity index is 1.75. The van der Waals surface area contributed by atoms with Crippen molar-refractivity contribution in [1.82, 2.24) is 14.6 Å². The number of rotatable bonds is 6. The van der Waals surface area contributed by atoms with E-state index in [0.717, 1.165) is 11.4 Å². The van der Waals surface area contributed by atoms with Gasteiger partial charge in [-0.1, -0.05) is 38.2 Å². The molecule has 0 radical (unpaired) electrons. The van der Waals surface area contributed by atoms with Gasteiger partial charge in [-0.15, -0.1) is 5.10 Å². The lowest BCUT2D eigenvalue weighted by atomic mass is 9.86. The first-order valence-corrected chi connectivity index (χ1v) is 9.18. The smallest absolute Gasteiger partial charge is 0.275 e. The number of nitrogens with one attached hydrogen (secondary N) is 2. The zero-order chi connectivity index (χ0) is 18.7. The predicted molar refractivity (Wildman–Crippen MR) is 105 cm³/mol. The molecule has 0 spiro atoms. The molecule has 26 heavy (non-hydrogen) atoms. The highest BCUT2D eigenvalue weighted by molar-refractivity contribution is 7.20. The Hall–Kier alpha value is -2.61. The van der Waals surface area contributed by atoms with Crippen LogP contribution in [0.4, 0.5) is 10.8 Å². The third kappa shape index (κ3) is 4.13. The summed E-state index contributed by atoms with van der Waals surface area (Å²) in [6.07, 6.45) is 1.50. The van der Waals surface area contributed by atoms with Gasteiger partial charge in [0.15, 0.2) is 0 Å². The van der Waals surface area contributed by atoms with Crippen LogP contribution in [0.15, 0.2) is 41.3 Å². The molecular weight excluding hydrogens is 350 g/mol. The van der Waals surface area contributed by atoms with E-state index in [-0.39, 0.29) is 17.0 Å². The molecule has 8 heteroatoms. The van der Waals surface area contributed by atoms with Gasteiger partial charge in [-0.2, -0.15) is 4.52 Å². The first-order valence-electron chi connectivity index (χ1n) is 8.36. The zero-order valence-electron chi connectivity index (χ0n) is 15.3. The molecule has 1 unspecified atom stereocenters. The van der Waals surface area contributed by atoms with Crippen molar-refractivity contribution in [2.24, 2.45) is 5.41 Å². The van der Waals surface area contributed by atoms with Crippen LogP contribution < -0.4 is 20.9 Å². The SMILES string of the molecule is COc1cccc(NC(CNc2nn3c(=O)ccnc3s2)C(C)(C)C)c1. The highest BCUT2D eigenvalue weighted by Crippen LogP contribution is 2.26. The molecule has 3 rings (SSSR count). The highest BCUT2D eigenvalue weighted by Gasteiger charge is 2.25. The van der Waals surface area contributed by atoms with Crippen LogP contribution in [0.5, 0.6) is 5.75 Å². The Bertz CT molecular complexity index is 944. The van der Waals surface area contributed by atoms with Crippen LogP contribution in [0, 0.1) is 5.41 Å². The minimum atomic E-state index is -0.179. The van der Waals surface area contributed by atoms with Crippen molar-refractivity contribution in [3.05, 3.63) is 46.9 Å². The standard InChI is InChI=1S/C18H23N5O2S/c1-18(2,3)14(21-12-6-5-7-13(10-12)25-4)11-20-16-22-23-15(24)8-9-19-17(23)26-16/h5-10,14,21H,11H2,1-4H3,(H,20,22). The minimum Gasteiger partial charge on any atom is -0.497 e. The van der Waals surface area contributed by atoms with E-state index in [1.165, 1.54) is 28.1 Å². The molecule has 0 saturated carbocycles. The molecule has 2 aromatic heterocycles. The summed E-state index contributed by atoms with van der Waals surface area (Å²) in [6, 6.07) is 9.40. The van der Waals surface area contributed by atoms with E-state index >= 15 is 0 Å². The predicted octanol–water partition coefficient (Wildman–Crippen LogP) is 3.10. The van der Waals surface area contributed by atoms with Gasteiger partial charge in [0.2, 0.25) is 10.1 Å². The minimum absolute atomic E-state index is 0.00183. The molecule has 0 bridgehead atoms. The van der Waals surface area contributed by atoms with Gasteiger partial charge in [0.1, 0.15) is 5.75 Å². The number of nitrogens with zero attached hydrogens (tertiary/aromatic N) is 3. The number of aromatic nitrogens is 3. The molecule has 0 aliphatic rings. The summed E-state index contributed by atoms with van der Waals surface area (Å²) in [5, 5.41) is 11.9. The van der Waals surface area contributed by atoms with Crippen molar-refractivity contribution >= 4 is 27.1 Å². The van der Waals surface area contributed by atoms with Crippen LogP contribution in [0.1, 0.15) is 20.8 Å². The van der Waals surface area contributed by atoms with Crippen molar-refractivity contribution in [1.29, 1.82) is 0 Å². The third-order valence-corrected chi connectivity index (χ3v) is 4.96. The summed E-state index contributed by atoms with van der Waals surface area (Å²) in [7, 11) is 1.66. The molecule has 0 aliphatic heterocycles.